The zero-order chi connectivity index (χ0) is 13.4. The maximum Gasteiger partial charge on any atom is 0.205 e. The third kappa shape index (κ3) is 1.70. The third-order valence-electron chi connectivity index (χ3n) is 3.30. The molecule has 0 amide bonds. The van der Waals surface area contributed by atoms with Crippen molar-refractivity contribution in [1.29, 1.82) is 5.26 Å². The van der Waals surface area contributed by atoms with Gasteiger partial charge in [-0.1, -0.05) is 30.7 Å². The number of thioether (sulfide) groups is 1. The highest BCUT2D eigenvalue weighted by atomic mass is 35.5. The summed E-state index contributed by atoms with van der Waals surface area (Å²) in [6.07, 6.45) is 0.533. The van der Waals surface area contributed by atoms with Crippen molar-refractivity contribution >= 4 is 29.1 Å². The van der Waals surface area contributed by atoms with Crippen LogP contribution in [0.4, 0.5) is 0 Å². The van der Waals surface area contributed by atoms with Crippen LogP contribution < -0.4 is 4.74 Å². The highest BCUT2D eigenvalue weighted by molar-refractivity contribution is 8.07. The number of ketones is 1. The molecule has 0 saturated carbocycles. The SMILES string of the molecule is CCC1(C)Oc2ccccc2C(=O)C1(Cl)SC#N. The van der Waals surface area contributed by atoms with Gasteiger partial charge in [-0.25, -0.2) is 0 Å². The van der Waals surface area contributed by atoms with Gasteiger partial charge in [0.15, 0.2) is 0 Å². The lowest BCUT2D eigenvalue weighted by molar-refractivity contribution is 0.0453. The third-order valence-corrected chi connectivity index (χ3v) is 5.09. The van der Waals surface area contributed by atoms with Crippen LogP contribution in [0.25, 0.3) is 0 Å². The maximum absolute atomic E-state index is 12.5. The average molecular weight is 282 g/mol. The highest BCUT2D eigenvalue weighted by Gasteiger charge is 2.58. The fraction of sp³-hybridized carbons (Fsp3) is 0.385. The monoisotopic (exact) mass is 281 g/mol. The lowest BCUT2D eigenvalue weighted by Crippen LogP contribution is -2.57. The van der Waals surface area contributed by atoms with Gasteiger partial charge in [0.05, 0.1) is 5.56 Å². The Morgan fingerprint density at radius 1 is 1.50 bits per heavy atom. The first-order valence-corrected chi connectivity index (χ1v) is 6.77. The molecule has 1 aliphatic rings. The van der Waals surface area contributed by atoms with Crippen LogP contribution in [0.2, 0.25) is 0 Å². The van der Waals surface area contributed by atoms with E-state index in [-0.39, 0.29) is 5.78 Å². The molecule has 1 aromatic rings. The van der Waals surface area contributed by atoms with Gasteiger partial charge in [0.1, 0.15) is 16.8 Å². The Bertz CT molecular complexity index is 542. The molecule has 0 spiro atoms. The van der Waals surface area contributed by atoms with Crippen molar-refractivity contribution in [3.63, 3.8) is 0 Å². The number of hydrogen-bond donors (Lipinski definition) is 0. The summed E-state index contributed by atoms with van der Waals surface area (Å²) in [6.45, 7) is 3.65. The molecular weight excluding hydrogens is 270 g/mol. The van der Waals surface area contributed by atoms with Gasteiger partial charge >= 0.3 is 0 Å². The van der Waals surface area contributed by atoms with Crippen molar-refractivity contribution in [3.8, 4) is 11.2 Å². The van der Waals surface area contributed by atoms with Crippen LogP contribution in [0.3, 0.4) is 0 Å². The van der Waals surface area contributed by atoms with E-state index in [1.165, 1.54) is 0 Å². The van der Waals surface area contributed by atoms with Gasteiger partial charge in [0, 0.05) is 0 Å². The van der Waals surface area contributed by atoms with Crippen molar-refractivity contribution in [1.82, 2.24) is 0 Å². The topological polar surface area (TPSA) is 50.1 Å². The van der Waals surface area contributed by atoms with E-state index in [0.717, 1.165) is 11.8 Å². The van der Waals surface area contributed by atoms with Crippen LogP contribution >= 0.6 is 23.4 Å². The number of fused-ring (bicyclic) bond motifs is 1. The van der Waals surface area contributed by atoms with Crippen LogP contribution in [-0.2, 0) is 0 Å². The summed E-state index contributed by atoms with van der Waals surface area (Å²) in [4.78, 5) is 12.5. The molecule has 0 radical (unpaired) electrons. The normalized spacial score (nSPS) is 30.2. The summed E-state index contributed by atoms with van der Waals surface area (Å²) in [5.41, 5.74) is -0.471. The quantitative estimate of drug-likeness (QED) is 0.614. The zero-order valence-corrected chi connectivity index (χ0v) is 11.6. The Balaban J connectivity index is 2.61. The second kappa shape index (κ2) is 4.49. The standard InChI is InChI=1S/C13H12ClNO2S/c1-3-12(2)13(14,18-8-15)11(16)9-6-4-5-7-10(9)17-12/h4-7H,3H2,1-2H3. The van der Waals surface area contributed by atoms with Gasteiger partial charge in [0.25, 0.3) is 0 Å². The van der Waals surface area contributed by atoms with Crippen molar-refractivity contribution in [2.24, 2.45) is 0 Å². The summed E-state index contributed by atoms with van der Waals surface area (Å²) in [5, 5.41) is 10.8. The molecule has 0 saturated heterocycles. The molecule has 5 heteroatoms. The predicted molar refractivity (Wildman–Crippen MR) is 71.9 cm³/mol. The summed E-state index contributed by atoms with van der Waals surface area (Å²) in [7, 11) is 0. The summed E-state index contributed by atoms with van der Waals surface area (Å²) >= 11 is 7.18. The van der Waals surface area contributed by atoms with E-state index in [9.17, 15) is 4.79 Å². The summed E-state index contributed by atoms with van der Waals surface area (Å²) in [5.74, 6) is 0.267. The van der Waals surface area contributed by atoms with Gasteiger partial charge in [-0.3, -0.25) is 4.79 Å². The lowest BCUT2D eigenvalue weighted by atomic mass is 9.88. The largest absolute Gasteiger partial charge is 0.484 e. The Kier molecular flexibility index (Phi) is 3.31. The highest BCUT2D eigenvalue weighted by Crippen LogP contribution is 2.51. The number of benzene rings is 1. The molecule has 2 unspecified atom stereocenters. The molecule has 2 rings (SSSR count). The first kappa shape index (κ1) is 13.3. The van der Waals surface area contributed by atoms with Crippen LogP contribution in [0.1, 0.15) is 30.6 Å². The number of carbonyl (C=O) groups excluding carboxylic acids is 1. The van der Waals surface area contributed by atoms with Crippen LogP contribution in [-0.4, -0.2) is 15.6 Å². The Labute approximate surface area is 115 Å². The number of thiocyanates is 1. The number of halogens is 1. The van der Waals surface area contributed by atoms with E-state index in [0.29, 0.717) is 17.7 Å². The number of hydrogen-bond acceptors (Lipinski definition) is 4. The van der Waals surface area contributed by atoms with Gasteiger partial charge in [-0.2, -0.15) is 5.26 Å². The van der Waals surface area contributed by atoms with Crippen LogP contribution in [0.5, 0.6) is 5.75 Å². The van der Waals surface area contributed by atoms with E-state index in [1.807, 2.05) is 12.3 Å². The second-order valence-corrected chi connectivity index (χ2v) is 6.09. The molecule has 1 aromatic carbocycles. The number of para-hydroxylation sites is 1. The Morgan fingerprint density at radius 2 is 2.17 bits per heavy atom. The van der Waals surface area contributed by atoms with E-state index in [2.05, 4.69) is 0 Å². The summed E-state index contributed by atoms with van der Waals surface area (Å²) < 4.78 is 4.48. The molecule has 1 heterocycles. The van der Waals surface area contributed by atoms with Crippen LogP contribution in [0.15, 0.2) is 24.3 Å². The smallest absolute Gasteiger partial charge is 0.205 e. The Hall–Kier alpha value is -1.18. The van der Waals surface area contributed by atoms with E-state index in [4.69, 9.17) is 21.6 Å². The van der Waals surface area contributed by atoms with Gasteiger partial charge in [0.2, 0.25) is 9.99 Å². The summed E-state index contributed by atoms with van der Waals surface area (Å²) in [6, 6.07) is 6.97. The fourth-order valence-electron chi connectivity index (χ4n) is 1.98. The van der Waals surface area contributed by atoms with E-state index in [1.54, 1.807) is 31.2 Å². The van der Waals surface area contributed by atoms with E-state index >= 15 is 0 Å². The first-order chi connectivity index (χ1) is 8.48. The van der Waals surface area contributed by atoms with Crippen molar-refractivity contribution < 1.29 is 9.53 Å². The minimum absolute atomic E-state index is 0.262. The molecule has 0 fully saturated rings. The molecular formula is C13H12ClNO2S. The maximum atomic E-state index is 12.5. The molecule has 3 nitrogen and oxygen atoms in total. The number of Topliss-reactive ketones (excluding diaryl/α,β-unsaturated/α-hetero) is 1. The molecule has 94 valence electrons. The van der Waals surface area contributed by atoms with Gasteiger partial charge in [-0.05, 0) is 37.2 Å². The molecule has 2 atom stereocenters. The molecule has 0 N–H and O–H groups in total. The molecule has 0 aliphatic carbocycles. The van der Waals surface area contributed by atoms with E-state index < -0.39 is 9.81 Å². The minimum Gasteiger partial charge on any atom is -0.484 e. The van der Waals surface area contributed by atoms with Crippen LogP contribution in [0, 0.1) is 10.7 Å². The van der Waals surface area contributed by atoms with Crippen molar-refractivity contribution in [3.05, 3.63) is 29.8 Å². The molecule has 18 heavy (non-hydrogen) atoms. The van der Waals surface area contributed by atoms with Crippen molar-refractivity contribution in [2.75, 3.05) is 0 Å². The number of nitriles is 1. The Morgan fingerprint density at radius 3 is 2.78 bits per heavy atom. The lowest BCUT2D eigenvalue weighted by Gasteiger charge is -2.44. The molecule has 0 bridgehead atoms. The number of alkyl halides is 1. The average Bonchev–Trinajstić information content (AvgIpc) is 2.37. The number of carbonyl (C=O) groups is 1. The molecule has 1 aliphatic heterocycles. The predicted octanol–water partition coefficient (Wildman–Crippen LogP) is 3.58. The van der Waals surface area contributed by atoms with Crippen molar-refractivity contribution in [2.45, 2.75) is 30.1 Å². The molecule has 0 aromatic heterocycles. The second-order valence-electron chi connectivity index (χ2n) is 4.30. The fourth-order valence-corrected chi connectivity index (χ4v) is 3.09. The zero-order valence-electron chi connectivity index (χ0n) is 10.1. The number of rotatable bonds is 2. The number of nitrogens with zero attached hydrogens (tertiary/aromatic N) is 1. The van der Waals surface area contributed by atoms with Gasteiger partial charge < -0.3 is 4.74 Å². The number of ether oxygens (including phenoxy) is 1. The minimum atomic E-state index is -1.40. The first-order valence-electron chi connectivity index (χ1n) is 5.57. The van der Waals surface area contributed by atoms with Gasteiger partial charge in [-0.15, -0.1) is 0 Å².